The van der Waals surface area contributed by atoms with Crippen molar-refractivity contribution in [2.45, 2.75) is 39.2 Å². The Morgan fingerprint density at radius 1 is 1.33 bits per heavy atom. The molecule has 2 nitrogen and oxygen atoms in total. The van der Waals surface area contributed by atoms with Crippen LogP contribution in [0.5, 0.6) is 0 Å². The molecule has 0 spiro atoms. The molecule has 0 fully saturated rings. The molecule has 84 valence electrons. The van der Waals surface area contributed by atoms with Crippen LogP contribution in [-0.4, -0.2) is 12.1 Å². The molecule has 0 aliphatic rings. The van der Waals surface area contributed by atoms with Crippen molar-refractivity contribution in [3.05, 3.63) is 37.0 Å². The van der Waals surface area contributed by atoms with E-state index in [1.54, 1.807) is 6.08 Å². The summed E-state index contributed by atoms with van der Waals surface area (Å²) in [5.41, 5.74) is 0. The van der Waals surface area contributed by atoms with E-state index < -0.39 is 0 Å². The van der Waals surface area contributed by atoms with Gasteiger partial charge in [-0.15, -0.1) is 0 Å². The third-order valence-electron chi connectivity index (χ3n) is 1.79. The zero-order valence-electron chi connectivity index (χ0n) is 9.61. The first kappa shape index (κ1) is 13.7. The minimum absolute atomic E-state index is 0.200. The van der Waals surface area contributed by atoms with Crippen LogP contribution in [0.25, 0.3) is 0 Å². The van der Waals surface area contributed by atoms with E-state index in [2.05, 4.69) is 31.7 Å². The molecule has 2 heteroatoms. The monoisotopic (exact) mass is 208 g/mol. The lowest BCUT2D eigenvalue weighted by Crippen LogP contribution is -2.12. The molecule has 0 N–H and O–H groups in total. The predicted molar refractivity (Wildman–Crippen MR) is 63.6 cm³/mol. The van der Waals surface area contributed by atoms with Gasteiger partial charge in [-0.3, -0.25) is 4.79 Å². The van der Waals surface area contributed by atoms with Crippen molar-refractivity contribution in [2.24, 2.45) is 0 Å². The molecular weight excluding hydrogens is 188 g/mol. The second kappa shape index (κ2) is 9.25. The molecule has 15 heavy (non-hydrogen) atoms. The summed E-state index contributed by atoms with van der Waals surface area (Å²) < 4.78 is 5.00. The third kappa shape index (κ3) is 9.01. The smallest absolute Gasteiger partial charge is 0.303 e. The molecule has 0 saturated heterocycles. The second-order valence-corrected chi connectivity index (χ2v) is 3.21. The van der Waals surface area contributed by atoms with Gasteiger partial charge in [-0.25, -0.2) is 0 Å². The van der Waals surface area contributed by atoms with E-state index in [1.807, 2.05) is 6.08 Å². The summed E-state index contributed by atoms with van der Waals surface area (Å²) >= 11 is 0. The zero-order chi connectivity index (χ0) is 11.5. The molecule has 1 atom stereocenters. The van der Waals surface area contributed by atoms with Gasteiger partial charge in [0.2, 0.25) is 0 Å². The Hall–Kier alpha value is -1.31. The lowest BCUT2D eigenvalue weighted by molar-refractivity contribution is -0.143. The van der Waals surface area contributed by atoms with E-state index in [0.717, 1.165) is 12.8 Å². The molecule has 0 aromatic rings. The lowest BCUT2D eigenvalue weighted by atomic mass is 10.2. The number of ether oxygens (including phenoxy) is 1. The summed E-state index contributed by atoms with van der Waals surface area (Å²) in [5.74, 6) is -0.265. The quantitative estimate of drug-likeness (QED) is 0.473. The minimum atomic E-state index is -0.265. The number of hydrogen-bond acceptors (Lipinski definition) is 2. The number of carbonyl (C=O) groups is 1. The topological polar surface area (TPSA) is 26.3 Å². The molecule has 0 aromatic heterocycles. The molecule has 0 aromatic carbocycles. The average molecular weight is 208 g/mol. The van der Waals surface area contributed by atoms with Crippen LogP contribution in [0.3, 0.4) is 0 Å². The van der Waals surface area contributed by atoms with Crippen LogP contribution in [0.2, 0.25) is 0 Å². The van der Waals surface area contributed by atoms with E-state index in [9.17, 15) is 4.79 Å². The predicted octanol–water partition coefficient (Wildman–Crippen LogP) is 3.41. The van der Waals surface area contributed by atoms with Crippen molar-refractivity contribution >= 4 is 5.97 Å². The molecule has 0 amide bonds. The highest BCUT2D eigenvalue weighted by molar-refractivity contribution is 5.66. The zero-order valence-corrected chi connectivity index (χ0v) is 9.61. The number of rotatable bonds is 7. The number of esters is 1. The summed E-state index contributed by atoms with van der Waals surface area (Å²) in [4.78, 5) is 10.7. The van der Waals surface area contributed by atoms with Gasteiger partial charge in [0.15, 0.2) is 0 Å². The van der Waals surface area contributed by atoms with E-state index >= 15 is 0 Å². The van der Waals surface area contributed by atoms with Crippen molar-refractivity contribution in [1.82, 2.24) is 0 Å². The Morgan fingerprint density at radius 3 is 2.53 bits per heavy atom. The molecule has 0 unspecified atom stereocenters. The maximum Gasteiger partial charge on any atom is 0.303 e. The summed E-state index contributed by atoms with van der Waals surface area (Å²) in [6.07, 6.45) is 12.5. The lowest BCUT2D eigenvalue weighted by Gasteiger charge is -2.09. The number of carbonyl (C=O) groups excluding carboxylic acids is 1. The fourth-order valence-electron chi connectivity index (χ4n) is 1.07. The summed E-state index contributed by atoms with van der Waals surface area (Å²) in [7, 11) is 0. The SMILES string of the molecule is C=C[C@@H](C/C=C\C/C=C\CC)OC(C)=O. The largest absolute Gasteiger partial charge is 0.458 e. The highest BCUT2D eigenvalue weighted by Crippen LogP contribution is 2.02. The Labute approximate surface area is 92.3 Å². The summed E-state index contributed by atoms with van der Waals surface area (Å²) in [6, 6.07) is 0. The van der Waals surface area contributed by atoms with Gasteiger partial charge in [0.05, 0.1) is 0 Å². The Bertz CT molecular complexity index is 239. The van der Waals surface area contributed by atoms with E-state index in [0.29, 0.717) is 6.42 Å². The summed E-state index contributed by atoms with van der Waals surface area (Å²) in [6.45, 7) is 7.13. The van der Waals surface area contributed by atoms with Crippen LogP contribution in [-0.2, 0) is 9.53 Å². The molecule has 0 rings (SSSR count). The maximum absolute atomic E-state index is 10.7. The van der Waals surface area contributed by atoms with Crippen molar-refractivity contribution < 1.29 is 9.53 Å². The fourth-order valence-corrected chi connectivity index (χ4v) is 1.07. The van der Waals surface area contributed by atoms with Crippen LogP contribution in [0.4, 0.5) is 0 Å². The van der Waals surface area contributed by atoms with Crippen molar-refractivity contribution in [2.75, 3.05) is 0 Å². The first-order valence-corrected chi connectivity index (χ1v) is 5.30. The molecule has 0 bridgehead atoms. The van der Waals surface area contributed by atoms with E-state index in [-0.39, 0.29) is 12.1 Å². The number of allylic oxidation sites excluding steroid dienone is 3. The third-order valence-corrected chi connectivity index (χ3v) is 1.79. The second-order valence-electron chi connectivity index (χ2n) is 3.21. The normalized spacial score (nSPS) is 13.2. The highest BCUT2D eigenvalue weighted by Gasteiger charge is 2.03. The summed E-state index contributed by atoms with van der Waals surface area (Å²) in [5, 5.41) is 0. The van der Waals surface area contributed by atoms with Crippen LogP contribution in [0.15, 0.2) is 37.0 Å². The first-order chi connectivity index (χ1) is 7.20. The molecule has 0 heterocycles. The molecule has 0 radical (unpaired) electrons. The van der Waals surface area contributed by atoms with Crippen LogP contribution >= 0.6 is 0 Å². The van der Waals surface area contributed by atoms with Crippen molar-refractivity contribution in [3.63, 3.8) is 0 Å². The van der Waals surface area contributed by atoms with Gasteiger partial charge in [-0.05, 0) is 12.8 Å². The van der Waals surface area contributed by atoms with Crippen LogP contribution in [0.1, 0.15) is 33.1 Å². The average Bonchev–Trinajstić information content (AvgIpc) is 2.20. The molecular formula is C13H20O2. The first-order valence-electron chi connectivity index (χ1n) is 5.30. The van der Waals surface area contributed by atoms with Crippen molar-refractivity contribution in [3.8, 4) is 0 Å². The highest BCUT2D eigenvalue weighted by atomic mass is 16.5. The Morgan fingerprint density at radius 2 is 2.00 bits per heavy atom. The Balaban J connectivity index is 3.74. The minimum Gasteiger partial charge on any atom is -0.458 e. The molecule has 0 saturated carbocycles. The standard InChI is InChI=1S/C13H20O2/c1-4-6-7-8-9-10-11-13(5-2)15-12(3)14/h5-7,9-10,13H,2,4,8,11H2,1,3H3/b7-6-,10-9-/t13-/m0/s1. The molecule has 0 aliphatic carbocycles. The van der Waals surface area contributed by atoms with Gasteiger partial charge in [0.1, 0.15) is 6.10 Å². The van der Waals surface area contributed by atoms with Gasteiger partial charge in [-0.1, -0.05) is 43.9 Å². The van der Waals surface area contributed by atoms with E-state index in [4.69, 9.17) is 4.74 Å². The number of hydrogen-bond donors (Lipinski definition) is 0. The van der Waals surface area contributed by atoms with E-state index in [1.165, 1.54) is 6.92 Å². The van der Waals surface area contributed by atoms with Crippen LogP contribution in [0, 0.1) is 0 Å². The van der Waals surface area contributed by atoms with Gasteiger partial charge in [0, 0.05) is 13.3 Å². The molecule has 0 aliphatic heterocycles. The van der Waals surface area contributed by atoms with Gasteiger partial charge < -0.3 is 4.74 Å². The van der Waals surface area contributed by atoms with Gasteiger partial charge in [-0.2, -0.15) is 0 Å². The van der Waals surface area contributed by atoms with Gasteiger partial charge in [0.25, 0.3) is 0 Å². The Kier molecular flexibility index (Phi) is 8.44. The maximum atomic E-state index is 10.7. The van der Waals surface area contributed by atoms with Gasteiger partial charge >= 0.3 is 5.97 Å². The fraction of sp³-hybridized carbons (Fsp3) is 0.462. The van der Waals surface area contributed by atoms with Crippen LogP contribution < -0.4 is 0 Å². The van der Waals surface area contributed by atoms with Crippen molar-refractivity contribution in [1.29, 1.82) is 0 Å².